The molecule has 6 heteroatoms. The average molecular weight is 320 g/mol. The number of aromatic nitrogens is 1. The minimum Gasteiger partial charge on any atom is -0.370 e. The third-order valence-corrected chi connectivity index (χ3v) is 5.01. The van der Waals surface area contributed by atoms with Crippen molar-refractivity contribution in [2.75, 3.05) is 38.1 Å². The molecule has 5 nitrogen and oxygen atoms in total. The molecule has 126 valence electrons. The summed E-state index contributed by atoms with van der Waals surface area (Å²) in [6, 6.07) is 4.20. The van der Waals surface area contributed by atoms with Crippen LogP contribution in [0.3, 0.4) is 0 Å². The second kappa shape index (κ2) is 6.43. The molecular weight excluding hydrogens is 295 g/mol. The van der Waals surface area contributed by atoms with Crippen LogP contribution < -0.4 is 10.2 Å². The molecule has 3 rings (SSSR count). The number of nitrogens with one attached hydrogen (secondary N) is 1. The Bertz CT molecular complexity index is 552. The normalized spacial score (nSPS) is 26.5. The number of anilines is 1. The largest absolute Gasteiger partial charge is 0.370 e. The smallest absolute Gasteiger partial charge is 0.269 e. The molecule has 1 unspecified atom stereocenters. The highest BCUT2D eigenvalue weighted by molar-refractivity contribution is 5.92. The Labute approximate surface area is 136 Å². The van der Waals surface area contributed by atoms with E-state index in [1.807, 2.05) is 6.07 Å². The van der Waals surface area contributed by atoms with Gasteiger partial charge in [0.15, 0.2) is 0 Å². The highest BCUT2D eigenvalue weighted by Crippen LogP contribution is 2.30. The van der Waals surface area contributed by atoms with Crippen LogP contribution >= 0.6 is 0 Å². The van der Waals surface area contributed by atoms with Crippen LogP contribution in [0.1, 0.15) is 36.7 Å². The molecule has 0 aliphatic carbocycles. The fraction of sp³-hybridized carbons (Fsp3) is 0.647. The summed E-state index contributed by atoms with van der Waals surface area (Å²) in [6.07, 6.45) is 4.51. The topological polar surface area (TPSA) is 48.5 Å². The molecule has 0 radical (unpaired) electrons. The van der Waals surface area contributed by atoms with Gasteiger partial charge in [-0.05, 0) is 38.3 Å². The van der Waals surface area contributed by atoms with Crippen LogP contribution in [0.25, 0.3) is 0 Å². The van der Waals surface area contributed by atoms with E-state index in [1.165, 1.54) is 0 Å². The maximum absolute atomic E-state index is 14.0. The molecule has 2 saturated heterocycles. The number of carbonyl (C=O) groups excluding carboxylic acids is 1. The molecule has 0 aromatic carbocycles. The number of piperidine rings is 1. The number of amides is 1. The van der Waals surface area contributed by atoms with Crippen LogP contribution in [0.4, 0.5) is 10.1 Å². The highest BCUT2D eigenvalue weighted by atomic mass is 19.1. The molecule has 2 aliphatic heterocycles. The number of pyridine rings is 1. The van der Waals surface area contributed by atoms with E-state index in [9.17, 15) is 9.18 Å². The first-order valence-corrected chi connectivity index (χ1v) is 8.34. The van der Waals surface area contributed by atoms with Crippen LogP contribution in [0.5, 0.6) is 0 Å². The second-order valence-corrected chi connectivity index (χ2v) is 6.83. The van der Waals surface area contributed by atoms with Gasteiger partial charge in [0.25, 0.3) is 5.91 Å². The molecule has 0 bridgehead atoms. The summed E-state index contributed by atoms with van der Waals surface area (Å²) in [7, 11) is 1.60. The van der Waals surface area contributed by atoms with Crippen molar-refractivity contribution < 1.29 is 9.18 Å². The Morgan fingerprint density at radius 1 is 1.35 bits per heavy atom. The minimum atomic E-state index is -1.02. The number of rotatable bonds is 3. The lowest BCUT2D eigenvalue weighted by Gasteiger charge is -2.37. The molecule has 2 fully saturated rings. The van der Waals surface area contributed by atoms with E-state index in [2.05, 4.69) is 20.1 Å². The summed E-state index contributed by atoms with van der Waals surface area (Å²) >= 11 is 0. The molecule has 0 spiro atoms. The van der Waals surface area contributed by atoms with Crippen LogP contribution in [-0.4, -0.2) is 60.7 Å². The summed E-state index contributed by atoms with van der Waals surface area (Å²) in [6.45, 7) is 5.05. The zero-order valence-electron chi connectivity index (χ0n) is 13.9. The summed E-state index contributed by atoms with van der Waals surface area (Å²) in [4.78, 5) is 20.3. The van der Waals surface area contributed by atoms with Gasteiger partial charge in [-0.25, -0.2) is 9.37 Å². The van der Waals surface area contributed by atoms with Gasteiger partial charge in [-0.15, -0.1) is 0 Å². The fourth-order valence-electron chi connectivity index (χ4n) is 3.59. The average Bonchev–Trinajstić information content (AvgIpc) is 2.94. The van der Waals surface area contributed by atoms with Crippen molar-refractivity contribution in [3.63, 3.8) is 0 Å². The van der Waals surface area contributed by atoms with E-state index in [4.69, 9.17) is 0 Å². The van der Waals surface area contributed by atoms with Gasteiger partial charge in [0, 0.05) is 39.3 Å². The molecule has 2 aliphatic rings. The van der Waals surface area contributed by atoms with Gasteiger partial charge >= 0.3 is 0 Å². The van der Waals surface area contributed by atoms with E-state index in [-0.39, 0.29) is 5.91 Å². The van der Waals surface area contributed by atoms with Crippen LogP contribution in [0.2, 0.25) is 0 Å². The molecule has 1 atom stereocenters. The molecule has 1 amide bonds. The van der Waals surface area contributed by atoms with Crippen LogP contribution in [0.15, 0.2) is 18.3 Å². The van der Waals surface area contributed by atoms with E-state index in [1.54, 1.807) is 26.2 Å². The lowest BCUT2D eigenvalue weighted by molar-refractivity contribution is 0.0958. The van der Waals surface area contributed by atoms with Gasteiger partial charge in [-0.2, -0.15) is 0 Å². The van der Waals surface area contributed by atoms with Gasteiger partial charge in [-0.3, -0.25) is 9.69 Å². The third kappa shape index (κ3) is 3.63. The number of nitrogens with zero attached hydrogens (tertiary/aromatic N) is 3. The monoisotopic (exact) mass is 320 g/mol. The number of alkyl halides is 1. The van der Waals surface area contributed by atoms with Crippen molar-refractivity contribution in [2.24, 2.45) is 0 Å². The summed E-state index contributed by atoms with van der Waals surface area (Å²) < 4.78 is 14.0. The van der Waals surface area contributed by atoms with E-state index in [0.29, 0.717) is 24.7 Å². The van der Waals surface area contributed by atoms with Crippen molar-refractivity contribution >= 4 is 11.6 Å². The Morgan fingerprint density at radius 2 is 2.09 bits per heavy atom. The number of likely N-dealkylation sites (tertiary alicyclic amines) is 1. The van der Waals surface area contributed by atoms with Crippen molar-refractivity contribution in [3.05, 3.63) is 24.0 Å². The zero-order chi connectivity index (χ0) is 16.4. The first kappa shape index (κ1) is 16.2. The van der Waals surface area contributed by atoms with Crippen molar-refractivity contribution in [3.8, 4) is 0 Å². The predicted molar refractivity (Wildman–Crippen MR) is 88.6 cm³/mol. The molecule has 23 heavy (non-hydrogen) atoms. The minimum absolute atomic E-state index is 0.168. The standard InChI is InChI=1S/C17H25FN4O/c1-17(18)7-10-22(12-17)13-5-8-21(9-6-13)14-3-4-15(20-11-14)16(23)19-2/h3-4,11,13H,5-10,12H2,1-2H3,(H,19,23). The zero-order valence-corrected chi connectivity index (χ0v) is 13.9. The quantitative estimate of drug-likeness (QED) is 0.923. The van der Waals surface area contributed by atoms with Crippen LogP contribution in [0, 0.1) is 0 Å². The van der Waals surface area contributed by atoms with Crippen LogP contribution in [-0.2, 0) is 0 Å². The Kier molecular flexibility index (Phi) is 4.53. The fourth-order valence-corrected chi connectivity index (χ4v) is 3.59. The number of hydrogen-bond donors (Lipinski definition) is 1. The van der Waals surface area contributed by atoms with Gasteiger partial charge < -0.3 is 10.2 Å². The predicted octanol–water partition coefficient (Wildman–Crippen LogP) is 1.84. The van der Waals surface area contributed by atoms with Crippen molar-refractivity contribution in [1.29, 1.82) is 0 Å². The molecule has 1 aromatic heterocycles. The Morgan fingerprint density at radius 3 is 2.61 bits per heavy atom. The lowest BCUT2D eigenvalue weighted by atomic mass is 10.0. The molecule has 1 aromatic rings. The summed E-state index contributed by atoms with van der Waals surface area (Å²) in [5.41, 5.74) is 0.467. The maximum Gasteiger partial charge on any atom is 0.269 e. The van der Waals surface area contributed by atoms with Gasteiger partial charge in [0.05, 0.1) is 11.9 Å². The molecule has 1 N–H and O–H groups in total. The van der Waals surface area contributed by atoms with E-state index in [0.717, 1.165) is 38.2 Å². The van der Waals surface area contributed by atoms with Crippen molar-refractivity contribution in [1.82, 2.24) is 15.2 Å². The Balaban J connectivity index is 1.56. The van der Waals surface area contributed by atoms with Crippen molar-refractivity contribution in [2.45, 2.75) is 37.9 Å². The number of halogens is 1. The van der Waals surface area contributed by atoms with Gasteiger partial charge in [0.1, 0.15) is 11.4 Å². The highest BCUT2D eigenvalue weighted by Gasteiger charge is 2.37. The maximum atomic E-state index is 14.0. The summed E-state index contributed by atoms with van der Waals surface area (Å²) in [5.74, 6) is -0.168. The first-order chi connectivity index (χ1) is 11.0. The molecule has 3 heterocycles. The van der Waals surface area contributed by atoms with Gasteiger partial charge in [-0.1, -0.05) is 0 Å². The second-order valence-electron chi connectivity index (χ2n) is 6.83. The van der Waals surface area contributed by atoms with E-state index >= 15 is 0 Å². The SMILES string of the molecule is CNC(=O)c1ccc(N2CCC(N3CCC(C)(F)C3)CC2)cn1. The lowest BCUT2D eigenvalue weighted by Crippen LogP contribution is -2.45. The first-order valence-electron chi connectivity index (χ1n) is 8.34. The third-order valence-electron chi connectivity index (χ3n) is 5.01. The summed E-state index contributed by atoms with van der Waals surface area (Å²) in [5, 5.41) is 2.57. The molecule has 0 saturated carbocycles. The Hall–Kier alpha value is -1.69. The number of carbonyl (C=O) groups is 1. The van der Waals surface area contributed by atoms with Gasteiger partial charge in [0.2, 0.25) is 0 Å². The van der Waals surface area contributed by atoms with E-state index < -0.39 is 5.67 Å². The molecular formula is C17H25FN4O. The number of hydrogen-bond acceptors (Lipinski definition) is 4.